The van der Waals surface area contributed by atoms with Crippen LogP contribution in [0, 0.1) is 0 Å². The molecule has 1 heterocycles. The molecule has 11 nitrogen and oxygen atoms in total. The zero-order valence-electron chi connectivity index (χ0n) is 23.6. The van der Waals surface area contributed by atoms with E-state index in [1.807, 2.05) is 31.2 Å². The Balaban J connectivity index is 1.90. The number of hydrogen-bond donors (Lipinski definition) is 3. The third-order valence-electron chi connectivity index (χ3n) is 6.47. The zero-order valence-corrected chi connectivity index (χ0v) is 23.6. The molecule has 0 bridgehead atoms. The van der Waals surface area contributed by atoms with Gasteiger partial charge in [-0.15, -0.1) is 0 Å². The van der Waals surface area contributed by atoms with Crippen LogP contribution in [0.5, 0.6) is 34.5 Å². The van der Waals surface area contributed by atoms with Crippen molar-refractivity contribution < 1.29 is 38.4 Å². The summed E-state index contributed by atoms with van der Waals surface area (Å²) in [5.41, 5.74) is 1.44. The Kier molecular flexibility index (Phi) is 10.0. The number of rotatable bonds is 12. The maximum absolute atomic E-state index is 13.2. The molecule has 1 aromatic heterocycles. The number of carbonyl (C=O) groups is 2. The Morgan fingerprint density at radius 3 is 1.70 bits per heavy atom. The molecule has 2 atom stereocenters. The summed E-state index contributed by atoms with van der Waals surface area (Å²) in [5, 5.41) is 15.8. The molecular formula is C29H35N3O8. The van der Waals surface area contributed by atoms with Gasteiger partial charge in [0.1, 0.15) is 6.04 Å². The van der Waals surface area contributed by atoms with Crippen molar-refractivity contribution in [2.24, 2.45) is 0 Å². The molecular weight excluding hydrogens is 518 g/mol. The monoisotopic (exact) mass is 553 g/mol. The smallest absolute Gasteiger partial charge is 0.274 e. The molecule has 40 heavy (non-hydrogen) atoms. The van der Waals surface area contributed by atoms with Crippen LogP contribution in [0.1, 0.15) is 41.4 Å². The molecule has 0 aliphatic heterocycles. The van der Waals surface area contributed by atoms with Gasteiger partial charge in [0.25, 0.3) is 5.91 Å². The van der Waals surface area contributed by atoms with E-state index in [1.54, 1.807) is 47.5 Å². The van der Waals surface area contributed by atoms with Gasteiger partial charge in [0.05, 0.1) is 35.5 Å². The molecule has 0 aliphatic rings. The summed E-state index contributed by atoms with van der Waals surface area (Å²) in [4.78, 5) is 29.9. The first kappa shape index (κ1) is 29.9. The molecule has 0 aliphatic carbocycles. The number of nitrogens with zero attached hydrogens (tertiary/aromatic N) is 1. The van der Waals surface area contributed by atoms with E-state index in [-0.39, 0.29) is 17.4 Å². The average Bonchev–Trinajstić information content (AvgIpc) is 2.96. The highest BCUT2D eigenvalue weighted by Gasteiger charge is 2.28. The number of pyridine rings is 1. The van der Waals surface area contributed by atoms with Crippen LogP contribution in [0.2, 0.25) is 0 Å². The van der Waals surface area contributed by atoms with E-state index in [1.165, 1.54) is 19.4 Å². The summed E-state index contributed by atoms with van der Waals surface area (Å²) >= 11 is 0. The van der Waals surface area contributed by atoms with E-state index in [0.29, 0.717) is 23.0 Å². The number of aromatic hydroxyl groups is 1. The minimum Gasteiger partial charge on any atom is -0.503 e. The highest BCUT2D eigenvalue weighted by atomic mass is 16.5. The topological polar surface area (TPSA) is 137 Å². The molecule has 0 saturated heterocycles. The van der Waals surface area contributed by atoms with Gasteiger partial charge in [-0.1, -0.05) is 12.1 Å². The van der Waals surface area contributed by atoms with Gasteiger partial charge in [-0.25, -0.2) is 4.98 Å². The van der Waals surface area contributed by atoms with Gasteiger partial charge in [-0.05, 0) is 49.2 Å². The van der Waals surface area contributed by atoms with Crippen molar-refractivity contribution in [3.63, 3.8) is 0 Å². The summed E-state index contributed by atoms with van der Waals surface area (Å²) in [6.07, 6.45) is 1.33. The van der Waals surface area contributed by atoms with E-state index in [9.17, 15) is 14.7 Å². The first-order chi connectivity index (χ1) is 19.2. The van der Waals surface area contributed by atoms with Crippen LogP contribution in [0.25, 0.3) is 0 Å². The average molecular weight is 554 g/mol. The van der Waals surface area contributed by atoms with Gasteiger partial charge in [0.15, 0.2) is 40.2 Å². The molecule has 3 aromatic rings. The van der Waals surface area contributed by atoms with E-state index >= 15 is 0 Å². The van der Waals surface area contributed by atoms with Crippen molar-refractivity contribution in [1.82, 2.24) is 15.6 Å². The summed E-state index contributed by atoms with van der Waals surface area (Å²) in [7, 11) is 7.59. The lowest BCUT2D eigenvalue weighted by atomic mass is 9.85. The largest absolute Gasteiger partial charge is 0.503 e. The third kappa shape index (κ3) is 6.48. The van der Waals surface area contributed by atoms with Crippen molar-refractivity contribution >= 4 is 11.8 Å². The highest BCUT2D eigenvalue weighted by molar-refractivity contribution is 5.98. The molecule has 2 aromatic carbocycles. The van der Waals surface area contributed by atoms with Crippen LogP contribution in [0.4, 0.5) is 0 Å². The van der Waals surface area contributed by atoms with Gasteiger partial charge in [-0.3, -0.25) is 9.59 Å². The number of hydrogen-bond acceptors (Lipinski definition) is 9. The van der Waals surface area contributed by atoms with Gasteiger partial charge in [-0.2, -0.15) is 0 Å². The second-order valence-electron chi connectivity index (χ2n) is 8.91. The van der Waals surface area contributed by atoms with Crippen molar-refractivity contribution in [2.45, 2.75) is 31.8 Å². The SMILES string of the molecule is COc1ccc(C(c2ccc(OC)c(OC)c2)[C@H](C)NC(=O)[C@H](C)NC(=O)c2nccc(OC)c2O)cc1OC. The van der Waals surface area contributed by atoms with E-state index in [2.05, 4.69) is 15.6 Å². The van der Waals surface area contributed by atoms with Crippen LogP contribution in [-0.4, -0.2) is 69.5 Å². The van der Waals surface area contributed by atoms with Gasteiger partial charge in [0, 0.05) is 24.2 Å². The van der Waals surface area contributed by atoms with Crippen LogP contribution in [0.15, 0.2) is 48.7 Å². The number of ether oxygens (including phenoxy) is 5. The summed E-state index contributed by atoms with van der Waals surface area (Å²) < 4.78 is 26.8. The highest BCUT2D eigenvalue weighted by Crippen LogP contribution is 2.38. The van der Waals surface area contributed by atoms with Crippen molar-refractivity contribution in [3.8, 4) is 34.5 Å². The van der Waals surface area contributed by atoms with E-state index in [4.69, 9.17) is 23.7 Å². The lowest BCUT2D eigenvalue weighted by molar-refractivity contribution is -0.123. The quantitative estimate of drug-likeness (QED) is 0.309. The zero-order chi connectivity index (χ0) is 29.4. The minimum atomic E-state index is -0.946. The first-order valence-electron chi connectivity index (χ1n) is 12.5. The molecule has 0 unspecified atom stereocenters. The van der Waals surface area contributed by atoms with Gasteiger partial charge in [0.2, 0.25) is 5.91 Å². The Morgan fingerprint density at radius 2 is 1.23 bits per heavy atom. The fraction of sp³-hybridized carbons (Fsp3) is 0.345. The maximum atomic E-state index is 13.2. The number of amides is 2. The number of aromatic nitrogens is 1. The van der Waals surface area contributed by atoms with Crippen LogP contribution in [-0.2, 0) is 4.79 Å². The molecule has 2 amide bonds. The lowest BCUT2D eigenvalue weighted by Crippen LogP contribution is -2.49. The minimum absolute atomic E-state index is 0.0959. The van der Waals surface area contributed by atoms with Crippen LogP contribution in [0.3, 0.4) is 0 Å². The predicted molar refractivity (Wildman–Crippen MR) is 148 cm³/mol. The predicted octanol–water partition coefficient (Wildman–Crippen LogP) is 3.29. The fourth-order valence-corrected chi connectivity index (χ4v) is 4.39. The lowest BCUT2D eigenvalue weighted by Gasteiger charge is -2.28. The van der Waals surface area contributed by atoms with Crippen molar-refractivity contribution in [2.75, 3.05) is 35.5 Å². The molecule has 0 radical (unpaired) electrons. The Bertz CT molecular complexity index is 1290. The van der Waals surface area contributed by atoms with Crippen LogP contribution < -0.4 is 34.3 Å². The van der Waals surface area contributed by atoms with Gasteiger partial charge >= 0.3 is 0 Å². The summed E-state index contributed by atoms with van der Waals surface area (Å²) in [6, 6.07) is 11.1. The molecule has 214 valence electrons. The Morgan fingerprint density at radius 1 is 0.725 bits per heavy atom. The second kappa shape index (κ2) is 13.4. The second-order valence-corrected chi connectivity index (χ2v) is 8.91. The number of carbonyl (C=O) groups excluding carboxylic acids is 2. The molecule has 11 heteroatoms. The van der Waals surface area contributed by atoms with Gasteiger partial charge < -0.3 is 39.4 Å². The normalized spacial score (nSPS) is 12.2. The summed E-state index contributed by atoms with van der Waals surface area (Å²) in [6.45, 7) is 3.40. The first-order valence-corrected chi connectivity index (χ1v) is 12.5. The molecule has 0 spiro atoms. The summed E-state index contributed by atoms with van der Waals surface area (Å²) in [5.74, 6) is 0.390. The molecule has 0 fully saturated rings. The molecule has 0 saturated carbocycles. The Labute approximate surface area is 233 Å². The van der Waals surface area contributed by atoms with Crippen molar-refractivity contribution in [1.29, 1.82) is 0 Å². The standard InChI is InChI=1S/C29H35N3O8/c1-16(31-28(34)17(2)32-29(35)26-27(33)22(38-5)12-13-30-26)25(18-8-10-20(36-3)23(14-18)39-6)19-9-11-21(37-4)24(15-19)40-7/h8-17,25,33H,1-7H3,(H,31,34)(H,32,35)/t16-,17-/m0/s1. The number of methoxy groups -OCH3 is 5. The third-order valence-corrected chi connectivity index (χ3v) is 6.47. The number of nitrogens with one attached hydrogen (secondary N) is 2. The molecule has 3 N–H and O–H groups in total. The van der Waals surface area contributed by atoms with E-state index in [0.717, 1.165) is 11.1 Å². The fourth-order valence-electron chi connectivity index (χ4n) is 4.39. The Hall–Kier alpha value is -4.67. The molecule has 3 rings (SSSR count). The van der Waals surface area contributed by atoms with Crippen LogP contribution >= 0.6 is 0 Å². The number of benzene rings is 2. The van der Waals surface area contributed by atoms with Crippen molar-refractivity contribution in [3.05, 3.63) is 65.5 Å². The maximum Gasteiger partial charge on any atom is 0.274 e. The van der Waals surface area contributed by atoms with E-state index < -0.39 is 29.6 Å².